The maximum Gasteiger partial charge on any atom is 0.129 e. The first kappa shape index (κ1) is 11.4. The summed E-state index contributed by atoms with van der Waals surface area (Å²) in [7, 11) is 0. The highest BCUT2D eigenvalue weighted by Crippen LogP contribution is 2.08. The Morgan fingerprint density at radius 1 is 1.40 bits per heavy atom. The zero-order valence-corrected chi connectivity index (χ0v) is 8.89. The fourth-order valence-electron chi connectivity index (χ4n) is 1.02. The van der Waals surface area contributed by atoms with Crippen LogP contribution in [-0.2, 0) is 0 Å². The van der Waals surface area contributed by atoms with Gasteiger partial charge in [-0.1, -0.05) is 18.2 Å². The highest BCUT2D eigenvalue weighted by Gasteiger charge is 1.95. The number of nitrogens with zero attached hydrogens (tertiary/aromatic N) is 1. The van der Waals surface area contributed by atoms with Crippen LogP contribution in [0.4, 0.5) is 0 Å². The van der Waals surface area contributed by atoms with Gasteiger partial charge in [-0.05, 0) is 19.1 Å². The van der Waals surface area contributed by atoms with Crippen LogP contribution in [0.1, 0.15) is 6.92 Å². The van der Waals surface area contributed by atoms with Crippen LogP contribution in [-0.4, -0.2) is 18.2 Å². The predicted molar refractivity (Wildman–Crippen MR) is 60.8 cm³/mol. The Bertz CT molecular complexity index is 311. The first-order valence-corrected chi connectivity index (χ1v) is 4.87. The molecule has 0 bridgehead atoms. The van der Waals surface area contributed by atoms with Crippen molar-refractivity contribution in [2.24, 2.45) is 11.6 Å². The monoisotopic (exact) mass is 207 g/mol. The molecule has 0 aliphatic carbocycles. The maximum atomic E-state index is 5.71. The Balaban J connectivity index is 2.40. The van der Waals surface area contributed by atoms with Crippen molar-refractivity contribution in [1.29, 1.82) is 0 Å². The van der Waals surface area contributed by atoms with E-state index in [9.17, 15) is 0 Å². The zero-order valence-electron chi connectivity index (χ0n) is 8.89. The maximum absolute atomic E-state index is 5.71. The highest BCUT2D eigenvalue weighted by molar-refractivity contribution is 5.21. The Morgan fingerprint density at radius 2 is 2.07 bits per heavy atom. The third kappa shape index (κ3) is 4.37. The average Bonchev–Trinajstić information content (AvgIpc) is 2.27. The predicted octanol–water partition coefficient (Wildman–Crippen LogP) is 1.06. The van der Waals surface area contributed by atoms with Crippen molar-refractivity contribution in [3.05, 3.63) is 42.2 Å². The average molecular weight is 207 g/mol. The number of hydrogen-bond donors (Lipinski definition) is 2. The van der Waals surface area contributed by atoms with E-state index in [1.807, 2.05) is 37.3 Å². The zero-order chi connectivity index (χ0) is 11.1. The van der Waals surface area contributed by atoms with Gasteiger partial charge in [0, 0.05) is 12.7 Å². The van der Waals surface area contributed by atoms with Crippen molar-refractivity contribution < 1.29 is 4.74 Å². The van der Waals surface area contributed by atoms with Crippen LogP contribution in [0.2, 0.25) is 0 Å². The molecule has 0 fully saturated rings. The van der Waals surface area contributed by atoms with Crippen LogP contribution in [0.25, 0.3) is 0 Å². The van der Waals surface area contributed by atoms with E-state index in [1.54, 1.807) is 6.20 Å². The second-order valence-electron chi connectivity index (χ2n) is 3.14. The van der Waals surface area contributed by atoms with Crippen molar-refractivity contribution in [2.45, 2.75) is 6.92 Å². The number of para-hydroxylation sites is 1. The number of hydrogen-bond acceptors (Lipinski definition) is 4. The van der Waals surface area contributed by atoms with Gasteiger partial charge in [0.15, 0.2) is 0 Å². The van der Waals surface area contributed by atoms with E-state index in [1.165, 1.54) is 5.01 Å². The number of benzene rings is 1. The third-order valence-corrected chi connectivity index (χ3v) is 1.85. The van der Waals surface area contributed by atoms with Crippen molar-refractivity contribution >= 4 is 0 Å². The lowest BCUT2D eigenvalue weighted by molar-refractivity contribution is 0.340. The summed E-state index contributed by atoms with van der Waals surface area (Å²) in [5.41, 5.74) is 6.31. The smallest absolute Gasteiger partial charge is 0.129 e. The van der Waals surface area contributed by atoms with Gasteiger partial charge in [-0.25, -0.2) is 5.84 Å². The quantitative estimate of drug-likeness (QED) is 0.560. The minimum atomic E-state index is 0.345. The minimum Gasteiger partial charge on any atom is -0.487 e. The van der Waals surface area contributed by atoms with Gasteiger partial charge in [0.2, 0.25) is 0 Å². The molecule has 4 N–H and O–H groups in total. The molecule has 0 heterocycles. The minimum absolute atomic E-state index is 0.345. The van der Waals surface area contributed by atoms with Crippen LogP contribution >= 0.6 is 0 Å². The topological polar surface area (TPSA) is 64.5 Å². The van der Waals surface area contributed by atoms with Gasteiger partial charge in [0.25, 0.3) is 0 Å². The lowest BCUT2D eigenvalue weighted by Gasteiger charge is -2.12. The van der Waals surface area contributed by atoms with Gasteiger partial charge in [0.1, 0.15) is 12.4 Å². The van der Waals surface area contributed by atoms with Crippen LogP contribution in [0, 0.1) is 0 Å². The lowest BCUT2D eigenvalue weighted by Crippen LogP contribution is -2.27. The molecule has 1 rings (SSSR count). The molecule has 0 amide bonds. The van der Waals surface area contributed by atoms with Gasteiger partial charge in [0.05, 0.1) is 5.70 Å². The summed E-state index contributed by atoms with van der Waals surface area (Å²) in [4.78, 5) is 0. The summed E-state index contributed by atoms with van der Waals surface area (Å²) in [6.45, 7) is 3.01. The molecule has 1 aromatic rings. The van der Waals surface area contributed by atoms with Gasteiger partial charge in [-0.3, -0.25) is 0 Å². The van der Waals surface area contributed by atoms with Crippen molar-refractivity contribution in [1.82, 2.24) is 5.01 Å². The van der Waals surface area contributed by atoms with E-state index < -0.39 is 0 Å². The molecule has 0 spiro atoms. The van der Waals surface area contributed by atoms with E-state index in [0.29, 0.717) is 18.8 Å². The highest BCUT2D eigenvalue weighted by atomic mass is 16.5. The molecule has 0 atom stereocenters. The molecular weight excluding hydrogens is 190 g/mol. The molecule has 4 nitrogen and oxygen atoms in total. The SMILES string of the molecule is CCN(N)/C=C(\N)COc1ccccc1. The molecule has 0 aliphatic heterocycles. The second kappa shape index (κ2) is 5.93. The molecule has 0 aromatic heterocycles. The van der Waals surface area contributed by atoms with E-state index in [-0.39, 0.29) is 0 Å². The number of nitrogens with two attached hydrogens (primary N) is 2. The van der Waals surface area contributed by atoms with Crippen LogP contribution in [0.5, 0.6) is 5.75 Å². The van der Waals surface area contributed by atoms with E-state index in [0.717, 1.165) is 5.75 Å². The number of hydrazine groups is 1. The van der Waals surface area contributed by atoms with Crippen LogP contribution in [0.15, 0.2) is 42.2 Å². The first-order valence-electron chi connectivity index (χ1n) is 4.87. The molecule has 82 valence electrons. The van der Waals surface area contributed by atoms with Gasteiger partial charge >= 0.3 is 0 Å². The Morgan fingerprint density at radius 3 is 2.67 bits per heavy atom. The van der Waals surface area contributed by atoms with Gasteiger partial charge < -0.3 is 15.5 Å². The number of rotatable bonds is 5. The van der Waals surface area contributed by atoms with Crippen molar-refractivity contribution in [3.63, 3.8) is 0 Å². The summed E-state index contributed by atoms with van der Waals surface area (Å²) in [5, 5.41) is 1.52. The van der Waals surface area contributed by atoms with E-state index in [2.05, 4.69) is 0 Å². The largest absolute Gasteiger partial charge is 0.487 e. The summed E-state index contributed by atoms with van der Waals surface area (Å²) < 4.78 is 5.44. The molecule has 0 saturated carbocycles. The first-order chi connectivity index (χ1) is 7.22. The molecule has 0 saturated heterocycles. The second-order valence-corrected chi connectivity index (χ2v) is 3.14. The Hall–Kier alpha value is -1.68. The molecular formula is C11H17N3O. The fourth-order valence-corrected chi connectivity index (χ4v) is 1.02. The van der Waals surface area contributed by atoms with Crippen LogP contribution in [0.3, 0.4) is 0 Å². The summed E-state index contributed by atoms with van der Waals surface area (Å²) >= 11 is 0. The third-order valence-electron chi connectivity index (χ3n) is 1.85. The van der Waals surface area contributed by atoms with Gasteiger partial charge in [-0.2, -0.15) is 0 Å². The molecule has 0 radical (unpaired) electrons. The number of ether oxygens (including phenoxy) is 1. The van der Waals surface area contributed by atoms with E-state index >= 15 is 0 Å². The fraction of sp³-hybridized carbons (Fsp3) is 0.273. The van der Waals surface area contributed by atoms with Crippen molar-refractivity contribution in [2.75, 3.05) is 13.2 Å². The lowest BCUT2D eigenvalue weighted by atomic mass is 10.3. The van der Waals surface area contributed by atoms with Crippen molar-refractivity contribution in [3.8, 4) is 5.75 Å². The molecule has 1 aromatic carbocycles. The van der Waals surface area contributed by atoms with Crippen LogP contribution < -0.4 is 16.3 Å². The summed E-state index contributed by atoms with van der Waals surface area (Å²) in [6.07, 6.45) is 1.67. The summed E-state index contributed by atoms with van der Waals surface area (Å²) in [6, 6.07) is 9.53. The molecule has 0 unspecified atom stereocenters. The summed E-state index contributed by atoms with van der Waals surface area (Å²) in [5.74, 6) is 6.36. The normalized spacial score (nSPS) is 11.2. The Labute approximate surface area is 90.1 Å². The van der Waals surface area contributed by atoms with Gasteiger partial charge in [-0.15, -0.1) is 0 Å². The standard InChI is InChI=1S/C11H17N3O/c1-2-14(13)8-10(12)9-15-11-6-4-3-5-7-11/h3-8H,2,9,12-13H2,1H3/b10-8-. The van der Waals surface area contributed by atoms with E-state index in [4.69, 9.17) is 16.3 Å². The Kier molecular flexibility index (Phi) is 4.50. The molecule has 4 heteroatoms. The molecule has 15 heavy (non-hydrogen) atoms. The molecule has 0 aliphatic rings.